The maximum atomic E-state index is 5.80. The molecule has 1 aromatic carbocycles. The first-order chi connectivity index (χ1) is 10.6. The maximum Gasteiger partial charge on any atom is 0.128 e. The van der Waals surface area contributed by atoms with E-state index >= 15 is 0 Å². The summed E-state index contributed by atoms with van der Waals surface area (Å²) in [6.45, 7) is 4.25. The second-order valence-corrected chi connectivity index (χ2v) is 7.56. The molecular formula is C16H15N3S3. The molecule has 0 atom stereocenters. The van der Waals surface area contributed by atoms with Crippen molar-refractivity contribution in [3.05, 3.63) is 52.2 Å². The molecule has 3 aromatic rings. The quantitative estimate of drug-likeness (QED) is 0.435. The maximum absolute atomic E-state index is 5.80. The van der Waals surface area contributed by atoms with Crippen molar-refractivity contribution in [2.24, 2.45) is 5.73 Å². The van der Waals surface area contributed by atoms with Crippen LogP contribution in [-0.4, -0.2) is 15.0 Å². The Morgan fingerprint density at radius 2 is 2.05 bits per heavy atom. The van der Waals surface area contributed by atoms with Crippen LogP contribution < -0.4 is 5.73 Å². The molecule has 3 nitrogen and oxygen atoms in total. The van der Waals surface area contributed by atoms with E-state index in [4.69, 9.17) is 18.0 Å². The van der Waals surface area contributed by atoms with E-state index < -0.39 is 0 Å². The van der Waals surface area contributed by atoms with Crippen LogP contribution in [0.15, 0.2) is 35.6 Å². The van der Waals surface area contributed by atoms with Gasteiger partial charge in [0.2, 0.25) is 0 Å². The molecule has 2 heterocycles. The number of thiocarbonyl (C=S) groups is 1. The Kier molecular flexibility index (Phi) is 4.42. The lowest BCUT2D eigenvalue weighted by Crippen LogP contribution is -2.11. The Morgan fingerprint density at radius 3 is 2.82 bits per heavy atom. The zero-order chi connectivity index (χ0) is 15.7. The highest BCUT2D eigenvalue weighted by Gasteiger charge is 2.13. The van der Waals surface area contributed by atoms with Crippen LogP contribution in [0.2, 0.25) is 0 Å². The van der Waals surface area contributed by atoms with Gasteiger partial charge in [-0.3, -0.25) is 0 Å². The number of aryl methyl sites for hydroxylation is 2. The molecule has 0 unspecified atom stereocenters. The van der Waals surface area contributed by atoms with Crippen LogP contribution in [0, 0.1) is 13.8 Å². The van der Waals surface area contributed by atoms with Gasteiger partial charge in [-0.15, -0.1) is 23.1 Å². The predicted octanol–water partition coefficient (Wildman–Crippen LogP) is 4.23. The molecule has 2 N–H and O–H groups in total. The van der Waals surface area contributed by atoms with Gasteiger partial charge in [-0.05, 0) is 25.0 Å². The highest BCUT2D eigenvalue weighted by molar-refractivity contribution is 7.98. The van der Waals surface area contributed by atoms with Gasteiger partial charge in [-0.1, -0.05) is 36.5 Å². The average molecular weight is 346 g/mol. The van der Waals surface area contributed by atoms with Crippen LogP contribution in [0.4, 0.5) is 0 Å². The minimum absolute atomic E-state index is 0.437. The number of thiophene rings is 1. The summed E-state index contributed by atoms with van der Waals surface area (Å²) in [5, 5.41) is 2.19. The van der Waals surface area contributed by atoms with Gasteiger partial charge >= 0.3 is 0 Å². The number of hydrogen-bond acceptors (Lipinski definition) is 5. The number of nitrogens with zero attached hydrogens (tertiary/aromatic N) is 2. The molecule has 0 amide bonds. The summed E-state index contributed by atoms with van der Waals surface area (Å²) in [4.78, 5) is 11.6. The van der Waals surface area contributed by atoms with Crippen LogP contribution >= 0.6 is 35.3 Å². The van der Waals surface area contributed by atoms with Crippen molar-refractivity contribution in [3.8, 4) is 0 Å². The molecule has 22 heavy (non-hydrogen) atoms. The van der Waals surface area contributed by atoms with Gasteiger partial charge < -0.3 is 5.73 Å². The fourth-order valence-electron chi connectivity index (χ4n) is 2.29. The third-order valence-electron chi connectivity index (χ3n) is 3.58. The van der Waals surface area contributed by atoms with Crippen molar-refractivity contribution in [2.45, 2.75) is 24.6 Å². The number of rotatable bonds is 4. The summed E-state index contributed by atoms with van der Waals surface area (Å²) in [6, 6.07) is 7.99. The van der Waals surface area contributed by atoms with E-state index in [0.717, 1.165) is 26.7 Å². The van der Waals surface area contributed by atoms with Crippen LogP contribution in [0.3, 0.4) is 0 Å². The minimum atomic E-state index is 0.437. The molecule has 0 bridgehead atoms. The number of hydrogen-bond donors (Lipinski definition) is 1. The SMILES string of the molecule is Cc1sc2ncnc(SCc3ccccc3C(N)=S)c2c1C. The van der Waals surface area contributed by atoms with E-state index in [1.165, 1.54) is 15.8 Å². The summed E-state index contributed by atoms with van der Waals surface area (Å²) in [5.41, 5.74) is 9.14. The monoisotopic (exact) mass is 345 g/mol. The summed E-state index contributed by atoms with van der Waals surface area (Å²) in [6.07, 6.45) is 1.64. The fraction of sp³-hybridized carbons (Fsp3) is 0.188. The first kappa shape index (κ1) is 15.4. The third kappa shape index (κ3) is 2.86. The van der Waals surface area contributed by atoms with Crippen molar-refractivity contribution < 1.29 is 0 Å². The molecular weight excluding hydrogens is 330 g/mol. The molecule has 0 radical (unpaired) electrons. The topological polar surface area (TPSA) is 51.8 Å². The van der Waals surface area contributed by atoms with Crippen molar-refractivity contribution in [1.29, 1.82) is 0 Å². The molecule has 0 saturated heterocycles. The molecule has 0 aliphatic carbocycles. The van der Waals surface area contributed by atoms with Gasteiger partial charge in [0.15, 0.2) is 0 Å². The van der Waals surface area contributed by atoms with Crippen molar-refractivity contribution in [2.75, 3.05) is 0 Å². The van der Waals surface area contributed by atoms with Crippen LogP contribution in [-0.2, 0) is 5.75 Å². The lowest BCUT2D eigenvalue weighted by molar-refractivity contribution is 1.10. The number of thioether (sulfide) groups is 1. The second kappa shape index (κ2) is 6.32. The second-order valence-electron chi connectivity index (χ2n) is 4.95. The minimum Gasteiger partial charge on any atom is -0.389 e. The molecule has 0 aliphatic rings. The van der Waals surface area contributed by atoms with Gasteiger partial charge in [0.25, 0.3) is 0 Å². The van der Waals surface area contributed by atoms with Crippen LogP contribution in [0.5, 0.6) is 0 Å². The predicted molar refractivity (Wildman–Crippen MR) is 98.8 cm³/mol. The van der Waals surface area contributed by atoms with Gasteiger partial charge in [-0.25, -0.2) is 9.97 Å². The van der Waals surface area contributed by atoms with Gasteiger partial charge in [0, 0.05) is 21.6 Å². The molecule has 0 spiro atoms. The summed E-state index contributed by atoms with van der Waals surface area (Å²) >= 11 is 8.55. The molecule has 0 aliphatic heterocycles. The number of benzene rings is 1. The summed E-state index contributed by atoms with van der Waals surface area (Å²) in [7, 11) is 0. The lowest BCUT2D eigenvalue weighted by Gasteiger charge is -2.08. The van der Waals surface area contributed by atoms with E-state index in [1.54, 1.807) is 29.4 Å². The summed E-state index contributed by atoms with van der Waals surface area (Å²) in [5.74, 6) is 0.786. The molecule has 0 fully saturated rings. The Morgan fingerprint density at radius 1 is 1.27 bits per heavy atom. The molecule has 3 rings (SSSR count). The normalized spacial score (nSPS) is 11.0. The standard InChI is InChI=1S/C16H15N3S3/c1-9-10(2)22-16-13(9)15(18-8-19-16)21-7-11-5-3-4-6-12(11)14(17)20/h3-6,8H,7H2,1-2H3,(H2,17,20). The van der Waals surface area contributed by atoms with Crippen LogP contribution in [0.25, 0.3) is 10.2 Å². The number of nitrogens with two attached hydrogens (primary N) is 1. The van der Waals surface area contributed by atoms with E-state index in [2.05, 4.69) is 29.9 Å². The summed E-state index contributed by atoms with van der Waals surface area (Å²) < 4.78 is 0. The fourth-order valence-corrected chi connectivity index (χ4v) is 4.61. The molecule has 2 aromatic heterocycles. The van der Waals surface area contributed by atoms with Gasteiger partial charge in [0.1, 0.15) is 21.2 Å². The zero-order valence-corrected chi connectivity index (χ0v) is 14.7. The first-order valence-electron chi connectivity index (χ1n) is 6.79. The van der Waals surface area contributed by atoms with Gasteiger partial charge in [-0.2, -0.15) is 0 Å². The van der Waals surface area contributed by atoms with Crippen molar-refractivity contribution in [3.63, 3.8) is 0 Å². The Bertz CT molecular complexity index is 855. The Balaban J connectivity index is 1.94. The molecule has 112 valence electrons. The Labute approximate surface area is 143 Å². The van der Waals surface area contributed by atoms with E-state index in [0.29, 0.717) is 4.99 Å². The van der Waals surface area contributed by atoms with Crippen LogP contribution in [0.1, 0.15) is 21.6 Å². The Hall–Kier alpha value is -1.50. The largest absolute Gasteiger partial charge is 0.389 e. The lowest BCUT2D eigenvalue weighted by atomic mass is 10.1. The number of fused-ring (bicyclic) bond motifs is 1. The first-order valence-corrected chi connectivity index (χ1v) is 9.00. The molecule has 6 heteroatoms. The van der Waals surface area contributed by atoms with E-state index in [-0.39, 0.29) is 0 Å². The van der Waals surface area contributed by atoms with E-state index in [9.17, 15) is 0 Å². The molecule has 0 saturated carbocycles. The van der Waals surface area contributed by atoms with E-state index in [1.807, 2.05) is 18.2 Å². The highest BCUT2D eigenvalue weighted by atomic mass is 32.2. The number of aromatic nitrogens is 2. The van der Waals surface area contributed by atoms with Crippen molar-refractivity contribution >= 4 is 50.5 Å². The zero-order valence-electron chi connectivity index (χ0n) is 12.3. The average Bonchev–Trinajstić information content (AvgIpc) is 2.81. The van der Waals surface area contributed by atoms with Crippen molar-refractivity contribution in [1.82, 2.24) is 9.97 Å². The smallest absolute Gasteiger partial charge is 0.128 e. The third-order valence-corrected chi connectivity index (χ3v) is 5.95. The van der Waals surface area contributed by atoms with Gasteiger partial charge in [0.05, 0.1) is 0 Å². The highest BCUT2D eigenvalue weighted by Crippen LogP contribution is 2.35.